The van der Waals surface area contributed by atoms with E-state index in [1.54, 1.807) is 25.6 Å². The zero-order chi connectivity index (χ0) is 15.7. The van der Waals surface area contributed by atoms with Crippen LogP contribution in [-0.2, 0) is 4.79 Å². The Hall–Kier alpha value is -2.28. The molecule has 116 valence electrons. The number of carbonyl (C=O) groups excluding carboxylic acids is 1. The maximum atomic E-state index is 12.0. The van der Waals surface area contributed by atoms with E-state index in [9.17, 15) is 4.79 Å². The van der Waals surface area contributed by atoms with E-state index in [0.717, 1.165) is 15.6 Å². The highest BCUT2D eigenvalue weighted by Crippen LogP contribution is 2.43. The molecule has 0 saturated carbocycles. The highest BCUT2D eigenvalue weighted by atomic mass is 32.1. The zero-order valence-electron chi connectivity index (χ0n) is 12.6. The first kappa shape index (κ1) is 14.6. The fourth-order valence-corrected chi connectivity index (χ4v) is 3.57. The number of benzene rings is 1. The largest absolute Gasteiger partial charge is 0.493 e. The fourth-order valence-electron chi connectivity index (χ4n) is 2.56. The van der Waals surface area contributed by atoms with Crippen LogP contribution in [-0.4, -0.2) is 32.2 Å². The number of methoxy groups -OCH3 is 2. The van der Waals surface area contributed by atoms with Crippen LogP contribution >= 0.6 is 11.3 Å². The molecule has 0 saturated heterocycles. The van der Waals surface area contributed by atoms with Gasteiger partial charge in [0.2, 0.25) is 5.91 Å². The van der Waals surface area contributed by atoms with Crippen LogP contribution < -0.4 is 20.1 Å². The maximum Gasteiger partial charge on any atom is 0.226 e. The van der Waals surface area contributed by atoms with Crippen LogP contribution in [0, 0.1) is 0 Å². The van der Waals surface area contributed by atoms with Crippen molar-refractivity contribution in [2.24, 2.45) is 0 Å². The fraction of sp³-hybridized carbons (Fsp3) is 0.333. The molecule has 2 aromatic rings. The molecule has 1 aromatic carbocycles. The lowest BCUT2D eigenvalue weighted by Gasteiger charge is -2.22. The molecule has 1 aliphatic heterocycles. The smallest absolute Gasteiger partial charge is 0.226 e. The molecule has 7 heteroatoms. The summed E-state index contributed by atoms with van der Waals surface area (Å²) < 4.78 is 10.6. The summed E-state index contributed by atoms with van der Waals surface area (Å²) in [6.45, 7) is 0. The molecule has 2 N–H and O–H groups in total. The molecule has 0 fully saturated rings. The summed E-state index contributed by atoms with van der Waals surface area (Å²) in [6, 6.07) is 5.75. The molecular formula is C15H17N3O3S. The van der Waals surface area contributed by atoms with E-state index >= 15 is 0 Å². The van der Waals surface area contributed by atoms with E-state index < -0.39 is 0 Å². The molecule has 3 rings (SSSR count). The van der Waals surface area contributed by atoms with Gasteiger partial charge in [-0.1, -0.05) is 17.4 Å². The van der Waals surface area contributed by atoms with Gasteiger partial charge in [0.05, 0.1) is 19.1 Å². The van der Waals surface area contributed by atoms with Crippen LogP contribution in [0.5, 0.6) is 11.5 Å². The van der Waals surface area contributed by atoms with E-state index in [2.05, 4.69) is 15.6 Å². The van der Waals surface area contributed by atoms with Crippen LogP contribution in [0.25, 0.3) is 0 Å². The van der Waals surface area contributed by atoms with Crippen molar-refractivity contribution in [3.8, 4) is 11.5 Å². The van der Waals surface area contributed by atoms with Gasteiger partial charge in [0.1, 0.15) is 5.82 Å². The minimum atomic E-state index is -0.0276. The zero-order valence-corrected chi connectivity index (χ0v) is 13.4. The van der Waals surface area contributed by atoms with Crippen molar-refractivity contribution in [1.29, 1.82) is 0 Å². The van der Waals surface area contributed by atoms with Gasteiger partial charge in [-0.15, -0.1) is 0 Å². The molecule has 0 aliphatic carbocycles. The topological polar surface area (TPSA) is 72.5 Å². The molecule has 0 radical (unpaired) electrons. The molecular weight excluding hydrogens is 302 g/mol. The first-order valence-corrected chi connectivity index (χ1v) is 7.68. The number of amides is 1. The van der Waals surface area contributed by atoms with Gasteiger partial charge >= 0.3 is 0 Å². The Morgan fingerprint density at radius 3 is 2.77 bits per heavy atom. The minimum absolute atomic E-state index is 0.0249. The van der Waals surface area contributed by atoms with E-state index in [1.165, 1.54) is 0 Å². The summed E-state index contributed by atoms with van der Waals surface area (Å²) in [7, 11) is 5.02. The number of fused-ring (bicyclic) bond motifs is 1. The lowest BCUT2D eigenvalue weighted by atomic mass is 9.91. The monoisotopic (exact) mass is 319 g/mol. The number of aromatic nitrogens is 1. The summed E-state index contributed by atoms with van der Waals surface area (Å²) in [5.74, 6) is 1.92. The average molecular weight is 319 g/mol. The van der Waals surface area contributed by atoms with Crippen molar-refractivity contribution in [3.05, 3.63) is 28.6 Å². The Morgan fingerprint density at radius 1 is 1.32 bits per heavy atom. The third kappa shape index (κ3) is 2.48. The molecule has 0 unspecified atom stereocenters. The minimum Gasteiger partial charge on any atom is -0.493 e. The Balaban J connectivity index is 2.05. The van der Waals surface area contributed by atoms with Gasteiger partial charge < -0.3 is 20.1 Å². The number of carbonyl (C=O) groups is 1. The first-order chi connectivity index (χ1) is 10.7. The van der Waals surface area contributed by atoms with Crippen LogP contribution in [0.4, 0.5) is 10.9 Å². The summed E-state index contributed by atoms with van der Waals surface area (Å²) >= 11 is 1.55. The molecule has 22 heavy (non-hydrogen) atoms. The first-order valence-electron chi connectivity index (χ1n) is 6.86. The van der Waals surface area contributed by atoms with E-state index in [1.807, 2.05) is 25.2 Å². The number of thiazole rings is 1. The second-order valence-electron chi connectivity index (χ2n) is 4.90. The van der Waals surface area contributed by atoms with Crippen molar-refractivity contribution < 1.29 is 14.3 Å². The number of nitrogens with zero attached hydrogens (tertiary/aromatic N) is 1. The Morgan fingerprint density at radius 2 is 2.09 bits per heavy atom. The van der Waals surface area contributed by atoms with Gasteiger partial charge in [-0.2, -0.15) is 0 Å². The average Bonchev–Trinajstić information content (AvgIpc) is 2.96. The molecule has 6 nitrogen and oxygen atoms in total. The van der Waals surface area contributed by atoms with Gasteiger partial charge in [-0.05, 0) is 17.7 Å². The molecule has 2 heterocycles. The highest BCUT2D eigenvalue weighted by Gasteiger charge is 2.30. The van der Waals surface area contributed by atoms with Gasteiger partial charge in [0.25, 0.3) is 0 Å². The Kier molecular flexibility index (Phi) is 3.89. The standard InChI is InChI=1S/C15H17N3O3S/c1-16-15-18-14-13(22-15)9(7-12(19)17-14)8-4-5-10(20-2)11(6-8)21-3/h4-6,9H,7H2,1-3H3,(H,16,18)(H,17,19)/t9-/m0/s1. The third-order valence-electron chi connectivity index (χ3n) is 3.64. The lowest BCUT2D eigenvalue weighted by molar-refractivity contribution is -0.116. The van der Waals surface area contributed by atoms with E-state index in [-0.39, 0.29) is 11.8 Å². The van der Waals surface area contributed by atoms with Crippen molar-refractivity contribution in [2.45, 2.75) is 12.3 Å². The molecule has 1 amide bonds. The molecule has 1 aliphatic rings. The highest BCUT2D eigenvalue weighted by molar-refractivity contribution is 7.16. The van der Waals surface area contributed by atoms with Gasteiger partial charge in [0, 0.05) is 19.4 Å². The summed E-state index contributed by atoms with van der Waals surface area (Å²) in [6.07, 6.45) is 0.397. The third-order valence-corrected chi connectivity index (χ3v) is 4.83. The number of hydrogen-bond acceptors (Lipinski definition) is 6. The number of rotatable bonds is 4. The second-order valence-corrected chi connectivity index (χ2v) is 5.93. The quantitative estimate of drug-likeness (QED) is 0.906. The second kappa shape index (κ2) is 5.84. The summed E-state index contributed by atoms with van der Waals surface area (Å²) in [5.41, 5.74) is 1.01. The van der Waals surface area contributed by atoms with Crippen LogP contribution in [0.3, 0.4) is 0 Å². The van der Waals surface area contributed by atoms with Crippen LogP contribution in [0.2, 0.25) is 0 Å². The number of ether oxygens (including phenoxy) is 2. The Bertz CT molecular complexity index is 714. The predicted molar refractivity (Wildman–Crippen MR) is 86.3 cm³/mol. The van der Waals surface area contributed by atoms with Gasteiger partial charge in [-0.25, -0.2) is 4.98 Å². The van der Waals surface area contributed by atoms with E-state index in [0.29, 0.717) is 23.7 Å². The molecule has 1 aromatic heterocycles. The lowest BCUT2D eigenvalue weighted by Crippen LogP contribution is -2.22. The summed E-state index contributed by atoms with van der Waals surface area (Å²) in [4.78, 5) is 17.4. The number of hydrogen-bond donors (Lipinski definition) is 2. The van der Waals surface area contributed by atoms with Crippen LogP contribution in [0.15, 0.2) is 18.2 Å². The molecule has 1 atom stereocenters. The van der Waals surface area contributed by atoms with Gasteiger partial charge in [-0.3, -0.25) is 4.79 Å². The van der Waals surface area contributed by atoms with Crippen molar-refractivity contribution in [3.63, 3.8) is 0 Å². The predicted octanol–water partition coefficient (Wildman–Crippen LogP) is 2.68. The molecule has 0 bridgehead atoms. The number of anilines is 2. The van der Waals surface area contributed by atoms with Crippen LogP contribution in [0.1, 0.15) is 22.8 Å². The van der Waals surface area contributed by atoms with Gasteiger partial charge in [0.15, 0.2) is 16.6 Å². The normalized spacial score (nSPS) is 16.7. The Labute approximate surface area is 132 Å². The van der Waals surface area contributed by atoms with E-state index in [4.69, 9.17) is 9.47 Å². The summed E-state index contributed by atoms with van der Waals surface area (Å²) in [5, 5.41) is 6.64. The number of nitrogens with one attached hydrogen (secondary N) is 2. The van der Waals surface area contributed by atoms with Crippen molar-refractivity contribution >= 4 is 28.2 Å². The molecule has 0 spiro atoms. The SMILES string of the molecule is CNc1nc2c(s1)[C@H](c1ccc(OC)c(OC)c1)CC(=O)N2. The van der Waals surface area contributed by atoms with Crippen molar-refractivity contribution in [2.75, 3.05) is 31.9 Å². The maximum absolute atomic E-state index is 12.0. The van der Waals surface area contributed by atoms with Crippen molar-refractivity contribution in [1.82, 2.24) is 4.98 Å².